The predicted molar refractivity (Wildman–Crippen MR) is 104 cm³/mol. The summed E-state index contributed by atoms with van der Waals surface area (Å²) in [5.41, 5.74) is 2.85. The summed E-state index contributed by atoms with van der Waals surface area (Å²) in [5, 5.41) is 9.63. The van der Waals surface area contributed by atoms with Crippen LogP contribution in [0, 0.1) is 0 Å². The number of carbonyl (C=O) groups excluding carboxylic acids is 1. The summed E-state index contributed by atoms with van der Waals surface area (Å²) in [6.45, 7) is 0.244. The summed E-state index contributed by atoms with van der Waals surface area (Å²) < 4.78 is 0. The van der Waals surface area contributed by atoms with E-state index in [0.717, 1.165) is 29.6 Å². The summed E-state index contributed by atoms with van der Waals surface area (Å²) >= 11 is 7.55. The van der Waals surface area contributed by atoms with Crippen LogP contribution in [0.15, 0.2) is 29.1 Å². The minimum Gasteiger partial charge on any atom is -0.367 e. The Morgan fingerprint density at radius 2 is 2.12 bits per heavy atom. The molecule has 0 unspecified atom stereocenters. The van der Waals surface area contributed by atoms with E-state index in [1.807, 2.05) is 18.2 Å². The highest BCUT2D eigenvalue weighted by molar-refractivity contribution is 7.07. The fourth-order valence-electron chi connectivity index (χ4n) is 3.18. The number of aromatic nitrogens is 3. The molecular weight excluding hydrogens is 370 g/mol. The molecule has 1 amide bonds. The minimum absolute atomic E-state index is 0.226. The normalized spacial score (nSPS) is 14.7. The number of halogens is 1. The number of rotatable bonds is 5. The molecule has 6 nitrogen and oxygen atoms in total. The molecule has 1 aliphatic carbocycles. The Hall–Kier alpha value is -2.25. The molecule has 134 valence electrons. The van der Waals surface area contributed by atoms with Crippen LogP contribution in [-0.4, -0.2) is 26.9 Å². The lowest BCUT2D eigenvalue weighted by Gasteiger charge is -2.16. The van der Waals surface area contributed by atoms with Crippen LogP contribution in [-0.2, 0) is 6.54 Å². The second-order valence-corrected chi connectivity index (χ2v) is 7.49. The molecule has 4 rings (SSSR count). The van der Waals surface area contributed by atoms with Gasteiger partial charge in [0.05, 0.1) is 17.6 Å². The van der Waals surface area contributed by atoms with Gasteiger partial charge in [-0.25, -0.2) is 15.0 Å². The molecule has 0 atom stereocenters. The second kappa shape index (κ2) is 7.55. The van der Waals surface area contributed by atoms with Gasteiger partial charge in [0.1, 0.15) is 11.5 Å². The van der Waals surface area contributed by atoms with Crippen LogP contribution in [0.5, 0.6) is 0 Å². The maximum Gasteiger partial charge on any atom is 0.271 e. The molecule has 0 aliphatic heterocycles. The van der Waals surface area contributed by atoms with Crippen molar-refractivity contribution in [1.82, 2.24) is 20.3 Å². The molecule has 1 aromatic carbocycles. The highest BCUT2D eigenvalue weighted by Crippen LogP contribution is 2.28. The van der Waals surface area contributed by atoms with Crippen LogP contribution in [0.25, 0.3) is 10.9 Å². The van der Waals surface area contributed by atoms with E-state index in [9.17, 15) is 4.79 Å². The summed E-state index contributed by atoms with van der Waals surface area (Å²) in [6.07, 6.45) is 4.75. The van der Waals surface area contributed by atoms with Gasteiger partial charge in [-0.2, -0.15) is 0 Å². The third-order valence-corrected chi connectivity index (χ3v) is 5.29. The number of hydrogen-bond acceptors (Lipinski definition) is 6. The molecule has 1 saturated carbocycles. The van der Waals surface area contributed by atoms with Crippen LogP contribution in [0.3, 0.4) is 0 Å². The van der Waals surface area contributed by atoms with Gasteiger partial charge in [-0.3, -0.25) is 4.79 Å². The zero-order valence-electron chi connectivity index (χ0n) is 14.0. The van der Waals surface area contributed by atoms with E-state index in [2.05, 4.69) is 25.6 Å². The van der Waals surface area contributed by atoms with E-state index in [4.69, 9.17) is 11.6 Å². The lowest BCUT2D eigenvalue weighted by Crippen LogP contribution is -2.25. The van der Waals surface area contributed by atoms with Gasteiger partial charge in [0, 0.05) is 21.8 Å². The topological polar surface area (TPSA) is 79.8 Å². The molecule has 2 aromatic heterocycles. The van der Waals surface area contributed by atoms with Gasteiger partial charge in [0.25, 0.3) is 5.91 Å². The van der Waals surface area contributed by atoms with Crippen LogP contribution in [0.4, 0.5) is 5.82 Å². The molecule has 1 fully saturated rings. The number of fused-ring (bicyclic) bond motifs is 1. The number of nitrogens with zero attached hydrogens (tertiary/aromatic N) is 3. The Balaban J connectivity index is 1.60. The smallest absolute Gasteiger partial charge is 0.271 e. The van der Waals surface area contributed by atoms with Crippen molar-refractivity contribution in [2.75, 3.05) is 5.32 Å². The first kappa shape index (κ1) is 17.2. The lowest BCUT2D eigenvalue weighted by molar-refractivity contribution is 0.0945. The number of hydrogen-bond donors (Lipinski definition) is 2. The number of anilines is 1. The fraction of sp³-hybridized carbons (Fsp3) is 0.333. The second-order valence-electron chi connectivity index (χ2n) is 6.33. The van der Waals surface area contributed by atoms with E-state index in [1.165, 1.54) is 24.2 Å². The number of thiazole rings is 1. The minimum atomic E-state index is -0.226. The van der Waals surface area contributed by atoms with Crippen LogP contribution < -0.4 is 10.6 Å². The van der Waals surface area contributed by atoms with Crippen LogP contribution >= 0.6 is 22.9 Å². The average molecular weight is 388 g/mol. The van der Waals surface area contributed by atoms with Crippen molar-refractivity contribution in [3.05, 3.63) is 45.6 Å². The molecule has 1 aliphatic rings. The predicted octanol–water partition coefficient (Wildman–Crippen LogP) is 4.02. The Bertz CT molecular complexity index is 925. The number of amides is 1. The van der Waals surface area contributed by atoms with Crippen molar-refractivity contribution in [2.24, 2.45) is 0 Å². The van der Waals surface area contributed by atoms with Gasteiger partial charge < -0.3 is 10.6 Å². The van der Waals surface area contributed by atoms with E-state index < -0.39 is 0 Å². The average Bonchev–Trinajstić information content (AvgIpc) is 3.34. The van der Waals surface area contributed by atoms with Crippen LogP contribution in [0.1, 0.15) is 42.0 Å². The molecule has 26 heavy (non-hydrogen) atoms. The van der Waals surface area contributed by atoms with Crippen molar-refractivity contribution in [2.45, 2.75) is 38.3 Å². The number of benzene rings is 1. The first-order chi connectivity index (χ1) is 12.7. The number of carbonyl (C=O) groups is 1. The van der Waals surface area contributed by atoms with E-state index >= 15 is 0 Å². The van der Waals surface area contributed by atoms with E-state index in [0.29, 0.717) is 22.6 Å². The molecule has 0 spiro atoms. The Morgan fingerprint density at radius 3 is 2.88 bits per heavy atom. The van der Waals surface area contributed by atoms with Gasteiger partial charge in [0.2, 0.25) is 0 Å². The van der Waals surface area contributed by atoms with Crippen molar-refractivity contribution in [3.63, 3.8) is 0 Å². The first-order valence-corrected chi connectivity index (χ1v) is 9.90. The lowest BCUT2D eigenvalue weighted by atomic mass is 10.2. The Labute approximate surface area is 160 Å². The maximum absolute atomic E-state index is 12.1. The Kier molecular flexibility index (Phi) is 4.99. The van der Waals surface area contributed by atoms with E-state index in [1.54, 1.807) is 10.9 Å². The number of nitrogens with one attached hydrogen (secondary N) is 2. The Morgan fingerprint density at radius 1 is 1.27 bits per heavy atom. The zero-order chi connectivity index (χ0) is 17.9. The van der Waals surface area contributed by atoms with Gasteiger partial charge in [0.15, 0.2) is 5.82 Å². The van der Waals surface area contributed by atoms with Crippen LogP contribution in [0.2, 0.25) is 5.02 Å². The summed E-state index contributed by atoms with van der Waals surface area (Å²) in [6, 6.07) is 5.99. The van der Waals surface area contributed by atoms with Crippen molar-refractivity contribution < 1.29 is 4.79 Å². The SMILES string of the molecule is O=C(NCc1nc(NC2CCCC2)c2cc(Cl)ccc2n1)c1cscn1. The van der Waals surface area contributed by atoms with Crippen molar-refractivity contribution in [1.29, 1.82) is 0 Å². The fourth-order valence-corrected chi connectivity index (χ4v) is 3.88. The molecule has 0 saturated heterocycles. The van der Waals surface area contributed by atoms with Crippen molar-refractivity contribution >= 4 is 45.6 Å². The van der Waals surface area contributed by atoms with Gasteiger partial charge in [-0.15, -0.1) is 11.3 Å². The summed E-state index contributed by atoms with van der Waals surface area (Å²) in [4.78, 5) is 25.3. The zero-order valence-corrected chi connectivity index (χ0v) is 15.6. The first-order valence-electron chi connectivity index (χ1n) is 8.58. The molecule has 0 radical (unpaired) electrons. The van der Waals surface area contributed by atoms with Gasteiger partial charge in [-0.05, 0) is 31.0 Å². The van der Waals surface area contributed by atoms with Crippen molar-refractivity contribution in [3.8, 4) is 0 Å². The largest absolute Gasteiger partial charge is 0.367 e. The summed E-state index contributed by atoms with van der Waals surface area (Å²) in [7, 11) is 0. The highest BCUT2D eigenvalue weighted by atomic mass is 35.5. The standard InChI is InChI=1S/C18H18ClN5OS/c19-11-5-6-14-13(7-11)17(22-12-3-1-2-4-12)24-16(23-14)8-20-18(25)15-9-26-10-21-15/h5-7,9-10,12H,1-4,8H2,(H,20,25)(H,22,23,24). The van der Waals surface area contributed by atoms with Gasteiger partial charge in [-0.1, -0.05) is 24.4 Å². The highest BCUT2D eigenvalue weighted by Gasteiger charge is 2.18. The monoisotopic (exact) mass is 387 g/mol. The third-order valence-electron chi connectivity index (χ3n) is 4.47. The molecule has 3 aromatic rings. The molecule has 2 N–H and O–H groups in total. The van der Waals surface area contributed by atoms with E-state index in [-0.39, 0.29) is 12.5 Å². The maximum atomic E-state index is 12.1. The molecule has 8 heteroatoms. The molecule has 0 bridgehead atoms. The molecule has 2 heterocycles. The third kappa shape index (κ3) is 3.78. The quantitative estimate of drug-likeness (QED) is 0.691. The molecular formula is C18H18ClN5OS. The summed E-state index contributed by atoms with van der Waals surface area (Å²) in [5.74, 6) is 1.11. The van der Waals surface area contributed by atoms with Gasteiger partial charge >= 0.3 is 0 Å².